The van der Waals surface area contributed by atoms with Gasteiger partial charge in [-0.1, -0.05) is 12.1 Å². The highest BCUT2D eigenvalue weighted by Gasteiger charge is 2.37. The maximum atomic E-state index is 14.1. The Morgan fingerprint density at radius 1 is 1.48 bits per heavy atom. The van der Waals surface area contributed by atoms with Crippen molar-refractivity contribution in [3.05, 3.63) is 34.9 Å². The van der Waals surface area contributed by atoms with Crippen LogP contribution < -0.4 is 0 Å². The molecule has 25 heavy (non-hydrogen) atoms. The number of esters is 1. The third kappa shape index (κ3) is 3.35. The first-order valence-corrected chi connectivity index (χ1v) is 8.22. The molecule has 134 valence electrons. The largest absolute Gasteiger partial charge is 0.468 e. The minimum atomic E-state index is -0.618. The zero-order valence-corrected chi connectivity index (χ0v) is 14.7. The van der Waals surface area contributed by atoms with Crippen LogP contribution in [0.3, 0.4) is 0 Å². The van der Waals surface area contributed by atoms with Crippen molar-refractivity contribution in [2.45, 2.75) is 25.2 Å². The van der Waals surface area contributed by atoms with E-state index in [1.165, 1.54) is 17.9 Å². The minimum absolute atomic E-state index is 0.206. The van der Waals surface area contributed by atoms with Crippen LogP contribution in [-0.2, 0) is 23.2 Å². The number of benzene rings is 1. The van der Waals surface area contributed by atoms with Crippen LogP contribution in [0.15, 0.2) is 24.3 Å². The molecule has 2 aromatic rings. The number of aliphatic hydroxyl groups is 1. The van der Waals surface area contributed by atoms with Gasteiger partial charge in [0, 0.05) is 20.0 Å². The summed E-state index contributed by atoms with van der Waals surface area (Å²) < 4.78 is 22.4. The van der Waals surface area contributed by atoms with E-state index in [2.05, 4.69) is 5.10 Å². The van der Waals surface area contributed by atoms with Crippen molar-refractivity contribution in [1.82, 2.24) is 19.2 Å². The first-order chi connectivity index (χ1) is 11.9. The first kappa shape index (κ1) is 17.7. The van der Waals surface area contributed by atoms with Crippen LogP contribution in [0.2, 0.25) is 0 Å². The van der Waals surface area contributed by atoms with Gasteiger partial charge in [0.15, 0.2) is 10.6 Å². The van der Waals surface area contributed by atoms with Gasteiger partial charge in [0.2, 0.25) is 0 Å². The van der Waals surface area contributed by atoms with Gasteiger partial charge in [-0.25, -0.2) is 9.07 Å². The second-order valence-electron chi connectivity index (χ2n) is 5.99. The summed E-state index contributed by atoms with van der Waals surface area (Å²) in [6, 6.07) is 5.78. The number of rotatable bonds is 4. The van der Waals surface area contributed by atoms with E-state index in [-0.39, 0.29) is 12.5 Å². The van der Waals surface area contributed by atoms with Crippen LogP contribution in [0.25, 0.3) is 11.4 Å². The topological polar surface area (TPSA) is 72.5 Å². The Labute approximate surface area is 149 Å². The summed E-state index contributed by atoms with van der Waals surface area (Å²) in [6.45, 7) is 0.519. The SMILES string of the molecule is COC(=O)[C@@H]1C[C@@H](O)CN1Cn1nc(-c2ccccc2F)n(C)c1=S. The second kappa shape index (κ2) is 7.03. The van der Waals surface area contributed by atoms with Crippen LogP contribution >= 0.6 is 12.2 Å². The Bertz CT molecular complexity index is 850. The lowest BCUT2D eigenvalue weighted by atomic mass is 10.2. The molecule has 1 aromatic carbocycles. The van der Waals surface area contributed by atoms with Gasteiger partial charge in [0.25, 0.3) is 0 Å². The van der Waals surface area contributed by atoms with E-state index >= 15 is 0 Å². The maximum Gasteiger partial charge on any atom is 0.323 e. The molecule has 1 aliphatic heterocycles. The van der Waals surface area contributed by atoms with Crippen molar-refractivity contribution in [3.63, 3.8) is 0 Å². The zero-order chi connectivity index (χ0) is 18.1. The van der Waals surface area contributed by atoms with Gasteiger partial charge in [-0.05, 0) is 24.4 Å². The van der Waals surface area contributed by atoms with E-state index in [4.69, 9.17) is 17.0 Å². The molecule has 0 aliphatic carbocycles. The van der Waals surface area contributed by atoms with Crippen molar-refractivity contribution >= 4 is 18.2 Å². The monoisotopic (exact) mass is 366 g/mol. The zero-order valence-electron chi connectivity index (χ0n) is 13.9. The molecule has 2 heterocycles. The molecule has 2 atom stereocenters. The normalized spacial score (nSPS) is 20.8. The van der Waals surface area contributed by atoms with E-state index in [0.29, 0.717) is 29.1 Å². The number of aromatic nitrogens is 3. The average Bonchev–Trinajstić information content (AvgIpc) is 3.09. The molecule has 0 bridgehead atoms. The van der Waals surface area contributed by atoms with E-state index in [1.807, 2.05) is 0 Å². The highest BCUT2D eigenvalue weighted by atomic mass is 32.1. The van der Waals surface area contributed by atoms with Crippen molar-refractivity contribution in [2.24, 2.45) is 7.05 Å². The number of nitrogens with zero attached hydrogens (tertiary/aromatic N) is 4. The van der Waals surface area contributed by atoms with Crippen LogP contribution in [-0.4, -0.2) is 56.1 Å². The number of carbonyl (C=O) groups is 1. The van der Waals surface area contributed by atoms with Crippen molar-refractivity contribution < 1.29 is 19.0 Å². The maximum absolute atomic E-state index is 14.1. The van der Waals surface area contributed by atoms with Gasteiger partial charge in [-0.2, -0.15) is 5.10 Å². The van der Waals surface area contributed by atoms with Crippen LogP contribution in [0.4, 0.5) is 4.39 Å². The predicted octanol–water partition coefficient (Wildman–Crippen LogP) is 1.32. The predicted molar refractivity (Wildman–Crippen MR) is 90.6 cm³/mol. The fourth-order valence-corrected chi connectivity index (χ4v) is 3.23. The average molecular weight is 366 g/mol. The lowest BCUT2D eigenvalue weighted by Gasteiger charge is -2.21. The molecule has 3 rings (SSSR count). The summed E-state index contributed by atoms with van der Waals surface area (Å²) >= 11 is 5.39. The molecule has 0 spiro atoms. The summed E-state index contributed by atoms with van der Waals surface area (Å²) in [6.07, 6.45) is -0.319. The Balaban J connectivity index is 1.92. The molecule has 0 amide bonds. The standard InChI is InChI=1S/C16H19FN4O3S/c1-19-14(11-5-3-4-6-12(11)17)18-21(16(19)25)9-20-8-10(22)7-13(20)15(23)24-2/h3-6,10,13,22H,7-9H2,1-2H3/t10-,13+/m1/s1. The van der Waals surface area contributed by atoms with E-state index in [9.17, 15) is 14.3 Å². The molecular formula is C16H19FN4O3S. The van der Waals surface area contributed by atoms with Gasteiger partial charge in [-0.3, -0.25) is 9.69 Å². The summed E-state index contributed by atoms with van der Waals surface area (Å²) in [7, 11) is 3.03. The molecule has 1 aliphatic rings. The smallest absolute Gasteiger partial charge is 0.323 e. The Kier molecular flexibility index (Phi) is 4.98. The molecule has 7 nitrogen and oxygen atoms in total. The van der Waals surface area contributed by atoms with Gasteiger partial charge in [0.1, 0.15) is 11.9 Å². The van der Waals surface area contributed by atoms with Crippen molar-refractivity contribution in [1.29, 1.82) is 0 Å². The number of hydrogen-bond acceptors (Lipinski definition) is 6. The van der Waals surface area contributed by atoms with Gasteiger partial charge in [0.05, 0.1) is 25.4 Å². The molecule has 0 radical (unpaired) electrons. The van der Waals surface area contributed by atoms with Crippen LogP contribution in [0.1, 0.15) is 6.42 Å². The Hall–Kier alpha value is -2.10. The Morgan fingerprint density at radius 2 is 2.20 bits per heavy atom. The molecular weight excluding hydrogens is 347 g/mol. The molecule has 1 aromatic heterocycles. The fourth-order valence-electron chi connectivity index (χ4n) is 3.05. The molecule has 9 heteroatoms. The quantitative estimate of drug-likeness (QED) is 0.650. The summed E-state index contributed by atoms with van der Waals surface area (Å²) in [5, 5.41) is 14.3. The lowest BCUT2D eigenvalue weighted by Crippen LogP contribution is -2.38. The number of ether oxygens (including phenoxy) is 1. The third-order valence-electron chi connectivity index (χ3n) is 4.33. The summed E-state index contributed by atoms with van der Waals surface area (Å²) in [5.41, 5.74) is 0.348. The molecule has 1 saturated heterocycles. The second-order valence-corrected chi connectivity index (χ2v) is 6.35. The number of aliphatic hydroxyl groups excluding tert-OH is 1. The minimum Gasteiger partial charge on any atom is -0.468 e. The fraction of sp³-hybridized carbons (Fsp3) is 0.438. The molecule has 1 fully saturated rings. The number of methoxy groups -OCH3 is 1. The summed E-state index contributed by atoms with van der Waals surface area (Å²) in [4.78, 5) is 13.7. The van der Waals surface area contributed by atoms with E-state index in [0.717, 1.165) is 0 Å². The first-order valence-electron chi connectivity index (χ1n) is 7.81. The number of β-amino-alcohol motifs (C(OH)–C–C–N with tert-alkyl or cyclic N) is 1. The number of carbonyl (C=O) groups excluding carboxylic acids is 1. The molecule has 1 N–H and O–H groups in total. The molecule has 0 unspecified atom stereocenters. The van der Waals surface area contributed by atoms with Crippen molar-refractivity contribution in [2.75, 3.05) is 13.7 Å². The van der Waals surface area contributed by atoms with Crippen molar-refractivity contribution in [3.8, 4) is 11.4 Å². The Morgan fingerprint density at radius 3 is 2.88 bits per heavy atom. The third-order valence-corrected chi connectivity index (χ3v) is 4.81. The van der Waals surface area contributed by atoms with Gasteiger partial charge in [-0.15, -0.1) is 0 Å². The van der Waals surface area contributed by atoms with Crippen LogP contribution in [0.5, 0.6) is 0 Å². The number of likely N-dealkylation sites (tertiary alicyclic amines) is 1. The van der Waals surface area contributed by atoms with E-state index < -0.39 is 18.1 Å². The van der Waals surface area contributed by atoms with Crippen LogP contribution in [0, 0.1) is 10.6 Å². The van der Waals surface area contributed by atoms with Gasteiger partial charge >= 0.3 is 5.97 Å². The highest BCUT2D eigenvalue weighted by Crippen LogP contribution is 2.23. The number of hydrogen-bond donors (Lipinski definition) is 1. The number of halogens is 1. The summed E-state index contributed by atoms with van der Waals surface area (Å²) in [5.74, 6) is -0.396. The van der Waals surface area contributed by atoms with Gasteiger partial charge < -0.3 is 14.4 Å². The highest BCUT2D eigenvalue weighted by molar-refractivity contribution is 7.71. The molecule has 0 saturated carbocycles. The van der Waals surface area contributed by atoms with E-state index in [1.54, 1.807) is 34.7 Å². The lowest BCUT2D eigenvalue weighted by molar-refractivity contribution is -0.146.